The van der Waals surface area contributed by atoms with Crippen molar-refractivity contribution in [3.05, 3.63) is 89.5 Å². The molecular weight excluding hydrogens is 551 g/mol. The van der Waals surface area contributed by atoms with Crippen molar-refractivity contribution in [3.8, 4) is 17.2 Å². The first-order valence-electron chi connectivity index (χ1n) is 13.2. The Morgan fingerprint density at radius 1 is 0.537 bits per heavy atom. The Balaban J connectivity index is 1.91. The minimum atomic E-state index is -4.43. The summed E-state index contributed by atoms with van der Waals surface area (Å²) in [5, 5.41) is 28.3. The Morgan fingerprint density at radius 3 is 0.927 bits per heavy atom. The van der Waals surface area contributed by atoms with E-state index in [0.29, 0.717) is 36.0 Å². The number of carboxylic acid groups (broad SMARTS) is 3. The summed E-state index contributed by atoms with van der Waals surface area (Å²) in [4.78, 5) is 34.5. The maximum Gasteiger partial charge on any atom is 0.647 e. The quantitative estimate of drug-likeness (QED) is 0.158. The van der Waals surface area contributed by atoms with E-state index in [4.69, 9.17) is 13.6 Å². The van der Waals surface area contributed by atoms with Crippen LogP contribution in [0.25, 0.3) is 0 Å². The summed E-state index contributed by atoms with van der Waals surface area (Å²) in [6.45, 7) is 5.27. The maximum absolute atomic E-state index is 13.9. The minimum absolute atomic E-state index is 0.0967. The van der Waals surface area contributed by atoms with Crippen LogP contribution in [-0.2, 0) is 18.9 Å². The van der Waals surface area contributed by atoms with E-state index in [1.807, 2.05) is 0 Å². The van der Waals surface area contributed by atoms with Crippen LogP contribution in [-0.4, -0.2) is 33.2 Å². The number of hydrogen-bond donors (Lipinski definition) is 3. The summed E-state index contributed by atoms with van der Waals surface area (Å²) in [6.07, 6.45) is 1.15. The highest BCUT2D eigenvalue weighted by molar-refractivity contribution is 7.49. The Hall–Kier alpha value is -4.30. The number of phosphoric ester groups is 1. The third-order valence-corrected chi connectivity index (χ3v) is 7.92. The second-order valence-electron chi connectivity index (χ2n) is 9.33. The van der Waals surface area contributed by atoms with Gasteiger partial charge in [0.05, 0.1) is 17.8 Å². The molecule has 10 nitrogen and oxygen atoms in total. The molecule has 11 heteroatoms. The summed E-state index contributed by atoms with van der Waals surface area (Å²) in [6, 6.07) is 18.1. The number of phosphoric acid groups is 1. The lowest BCUT2D eigenvalue weighted by Crippen LogP contribution is -2.11. The fourth-order valence-corrected chi connectivity index (χ4v) is 5.64. The number of hydrogen-bond acceptors (Lipinski definition) is 7. The van der Waals surface area contributed by atoms with Crippen molar-refractivity contribution in [2.75, 3.05) is 0 Å². The normalized spacial score (nSPS) is 14.6. The second-order valence-corrected chi connectivity index (χ2v) is 10.8. The molecule has 0 aliphatic heterocycles. The Kier molecular flexibility index (Phi) is 10.6. The lowest BCUT2D eigenvalue weighted by molar-refractivity contribution is -0.139. The van der Waals surface area contributed by atoms with Crippen molar-refractivity contribution in [3.63, 3.8) is 0 Å². The van der Waals surface area contributed by atoms with Gasteiger partial charge in [0.1, 0.15) is 17.2 Å². The van der Waals surface area contributed by atoms with Gasteiger partial charge in [-0.15, -0.1) is 0 Å². The third-order valence-electron chi connectivity index (χ3n) is 6.62. The van der Waals surface area contributed by atoms with Crippen molar-refractivity contribution in [2.24, 2.45) is 0 Å². The highest BCUT2D eigenvalue weighted by Gasteiger charge is 2.34. The van der Waals surface area contributed by atoms with Gasteiger partial charge in [0, 0.05) is 0 Å². The lowest BCUT2D eigenvalue weighted by atomic mass is 9.97. The molecule has 3 atom stereocenters. The van der Waals surface area contributed by atoms with Crippen molar-refractivity contribution in [1.29, 1.82) is 0 Å². The van der Waals surface area contributed by atoms with E-state index in [9.17, 15) is 34.3 Å². The van der Waals surface area contributed by atoms with Gasteiger partial charge in [0.25, 0.3) is 0 Å². The Morgan fingerprint density at radius 2 is 0.756 bits per heavy atom. The van der Waals surface area contributed by atoms with Crippen LogP contribution in [0.4, 0.5) is 0 Å². The molecule has 41 heavy (non-hydrogen) atoms. The molecular formula is C30H33O10P. The van der Waals surface area contributed by atoms with Crippen molar-refractivity contribution in [2.45, 2.75) is 57.8 Å². The molecule has 3 rings (SSSR count). The minimum Gasteiger partial charge on any atom is -0.481 e. The molecule has 0 aliphatic rings. The van der Waals surface area contributed by atoms with E-state index < -0.39 is 43.5 Å². The topological polar surface area (TPSA) is 157 Å². The van der Waals surface area contributed by atoms with Gasteiger partial charge in [0.2, 0.25) is 0 Å². The van der Waals surface area contributed by atoms with Gasteiger partial charge in [-0.25, -0.2) is 0 Å². The number of rotatable bonds is 15. The zero-order valence-corrected chi connectivity index (χ0v) is 23.8. The molecule has 0 fully saturated rings. The van der Waals surface area contributed by atoms with Crippen LogP contribution in [0.15, 0.2) is 72.8 Å². The number of carboxylic acids is 3. The van der Waals surface area contributed by atoms with Crippen molar-refractivity contribution in [1.82, 2.24) is 0 Å². The zero-order valence-electron chi connectivity index (χ0n) is 22.9. The standard InChI is InChI=1S/C30H33O10P/c1-4-25(28(31)32)19-7-13-22(14-8-19)38-41(37,39-23-15-9-20(10-16-23)26(5-2)29(33)34)40-24-17-11-21(12-18-24)27(6-3)30(35)36/h7-18,25-27H,4-6H2,1-3H3,(H,31,32)(H,33,34)(H,35,36). The van der Waals surface area contributed by atoms with Crippen LogP contribution in [0.5, 0.6) is 17.2 Å². The molecule has 3 aromatic rings. The van der Waals surface area contributed by atoms with Gasteiger partial charge < -0.3 is 28.9 Å². The molecule has 218 valence electrons. The summed E-state index contributed by atoms with van der Waals surface area (Å²) < 4.78 is 31.0. The molecule has 0 amide bonds. The largest absolute Gasteiger partial charge is 0.647 e. The van der Waals surface area contributed by atoms with Crippen molar-refractivity contribution >= 4 is 25.7 Å². The average Bonchev–Trinajstić information content (AvgIpc) is 2.92. The van der Waals surface area contributed by atoms with E-state index in [1.165, 1.54) is 36.4 Å². The van der Waals surface area contributed by atoms with Gasteiger partial charge in [-0.3, -0.25) is 14.4 Å². The number of carbonyl (C=O) groups is 3. The zero-order chi connectivity index (χ0) is 30.2. The highest BCUT2D eigenvalue weighted by Crippen LogP contribution is 2.50. The second kappa shape index (κ2) is 13.9. The maximum atomic E-state index is 13.9. The van der Waals surface area contributed by atoms with Crippen LogP contribution >= 0.6 is 7.82 Å². The molecule has 0 bridgehead atoms. The van der Waals surface area contributed by atoms with E-state index in [0.717, 1.165) is 0 Å². The van der Waals surface area contributed by atoms with E-state index in [2.05, 4.69) is 0 Å². The fraction of sp³-hybridized carbons (Fsp3) is 0.300. The van der Waals surface area contributed by atoms with Crippen LogP contribution in [0.3, 0.4) is 0 Å². The van der Waals surface area contributed by atoms with Gasteiger partial charge >= 0.3 is 25.7 Å². The molecule has 0 radical (unpaired) electrons. The van der Waals surface area contributed by atoms with E-state index in [1.54, 1.807) is 57.2 Å². The summed E-state index contributed by atoms with van der Waals surface area (Å²) in [7, 11) is -4.43. The van der Waals surface area contributed by atoms with Crippen LogP contribution in [0.1, 0.15) is 74.5 Å². The van der Waals surface area contributed by atoms with E-state index >= 15 is 0 Å². The number of benzene rings is 3. The summed E-state index contributed by atoms with van der Waals surface area (Å²) in [5.41, 5.74) is 1.63. The monoisotopic (exact) mass is 584 g/mol. The van der Waals surface area contributed by atoms with E-state index in [-0.39, 0.29) is 17.2 Å². The molecule has 0 aromatic heterocycles. The number of aliphatic carboxylic acids is 3. The van der Waals surface area contributed by atoms with Gasteiger partial charge in [-0.2, -0.15) is 4.57 Å². The summed E-state index contributed by atoms with van der Waals surface area (Å²) in [5.74, 6) is -4.74. The van der Waals surface area contributed by atoms with Gasteiger partial charge in [0.15, 0.2) is 0 Å². The van der Waals surface area contributed by atoms with Crippen LogP contribution in [0, 0.1) is 0 Å². The Labute approximate surface area is 238 Å². The molecule has 0 saturated heterocycles. The first-order valence-corrected chi connectivity index (χ1v) is 14.6. The molecule has 3 N–H and O–H groups in total. The smallest absolute Gasteiger partial charge is 0.481 e. The first kappa shape index (κ1) is 31.2. The predicted octanol–water partition coefficient (Wildman–Crippen LogP) is 7.07. The fourth-order valence-electron chi connectivity index (χ4n) is 4.38. The van der Waals surface area contributed by atoms with Crippen molar-refractivity contribution < 1.29 is 47.8 Å². The van der Waals surface area contributed by atoms with Crippen LogP contribution < -0.4 is 13.6 Å². The molecule has 0 spiro atoms. The first-order chi connectivity index (χ1) is 19.5. The summed E-state index contributed by atoms with van der Waals surface area (Å²) >= 11 is 0. The predicted molar refractivity (Wildman–Crippen MR) is 151 cm³/mol. The highest BCUT2D eigenvalue weighted by atomic mass is 31.2. The lowest BCUT2D eigenvalue weighted by Gasteiger charge is -2.20. The Bertz CT molecular complexity index is 1210. The average molecular weight is 585 g/mol. The molecule has 3 aromatic carbocycles. The van der Waals surface area contributed by atoms with Gasteiger partial charge in [-0.05, 0) is 72.4 Å². The molecule has 0 heterocycles. The molecule has 3 unspecified atom stereocenters. The SMILES string of the molecule is CCC(C(=O)O)c1ccc(OP(=O)(Oc2ccc(C(CC)C(=O)O)cc2)Oc2ccc(C(CC)C(=O)O)cc2)cc1. The molecule has 0 aliphatic carbocycles. The third kappa shape index (κ3) is 8.11. The van der Waals surface area contributed by atoms with Gasteiger partial charge in [-0.1, -0.05) is 57.2 Å². The van der Waals surface area contributed by atoms with Crippen LogP contribution in [0.2, 0.25) is 0 Å². The molecule has 0 saturated carbocycles.